The quantitative estimate of drug-likeness (QED) is 0.414. The molecule has 0 spiro atoms. The normalized spacial score (nSPS) is 37.4. The molecule has 2 unspecified atom stereocenters. The summed E-state index contributed by atoms with van der Waals surface area (Å²) in [7, 11) is -8.65. The van der Waals surface area contributed by atoms with Crippen LogP contribution in [0.1, 0.15) is 66.2 Å². The maximum Gasteiger partial charge on any atom is 2.00 e. The molecule has 4 aliphatic rings. The Hall–Kier alpha value is 0.420. The van der Waals surface area contributed by atoms with E-state index >= 15 is 0 Å². The van der Waals surface area contributed by atoms with E-state index in [4.69, 9.17) is 0 Å². The Morgan fingerprint density at radius 1 is 0.742 bits per heavy atom. The second kappa shape index (κ2) is 8.27. The second-order valence-corrected chi connectivity index (χ2v) is 13.5. The Morgan fingerprint density at radius 2 is 1.03 bits per heavy atom. The molecule has 4 aliphatic carbocycles. The number of carbonyl (C=O) groups excluding carboxylic acids is 2. The number of rotatable bonds is 4. The molecule has 4 bridgehead atoms. The van der Waals surface area contributed by atoms with E-state index in [0.29, 0.717) is 25.7 Å². The summed E-state index contributed by atoms with van der Waals surface area (Å²) in [6.45, 7) is 7.67. The summed E-state index contributed by atoms with van der Waals surface area (Å²) < 4.78 is 65.4. The first-order valence-electron chi connectivity index (χ1n) is 10.3. The van der Waals surface area contributed by atoms with Gasteiger partial charge in [-0.15, -0.1) is 0 Å². The monoisotopic (exact) mass is 502 g/mol. The van der Waals surface area contributed by atoms with E-state index in [1.807, 2.05) is 27.7 Å². The van der Waals surface area contributed by atoms with Crippen LogP contribution in [0.3, 0.4) is 0 Å². The SMILES string of the molecule is CC1(C)C2CC[C@]1(CS(=O)(=O)[O-])C(=O)C2.CC1(C)C2CC[C@]1(CS(=O)(=O)[O-])C(=O)C2.[Ca+2]. The third-order valence-electron chi connectivity index (χ3n) is 9.12. The van der Waals surface area contributed by atoms with Crippen molar-refractivity contribution >= 4 is 69.5 Å². The molecule has 0 N–H and O–H groups in total. The van der Waals surface area contributed by atoms with Crippen LogP contribution < -0.4 is 0 Å². The zero-order chi connectivity index (χ0) is 23.0. The Balaban J connectivity index is 0.000000213. The van der Waals surface area contributed by atoms with Crippen LogP contribution in [0.15, 0.2) is 0 Å². The minimum Gasteiger partial charge on any atom is -0.748 e. The number of ketones is 2. The molecule has 0 aliphatic heterocycles. The van der Waals surface area contributed by atoms with Gasteiger partial charge in [-0.3, -0.25) is 9.59 Å². The van der Waals surface area contributed by atoms with Crippen LogP contribution in [0.25, 0.3) is 0 Å². The third kappa shape index (κ3) is 4.44. The van der Waals surface area contributed by atoms with Crippen molar-refractivity contribution in [3.8, 4) is 0 Å². The van der Waals surface area contributed by atoms with Crippen LogP contribution in [0.4, 0.5) is 0 Å². The average molecular weight is 503 g/mol. The standard InChI is InChI=1S/2C10H16O4S.Ca/c2*1-9(2)7-3-4-10(9,8(11)5-7)6-15(12,13)14;/h2*7H,3-6H2,1-2H3,(H,12,13,14);/q;;+2/p-2/t2*7?,10-;/m00./s1. The Kier molecular flexibility index (Phi) is 7.38. The zero-order valence-corrected chi connectivity index (χ0v) is 22.4. The van der Waals surface area contributed by atoms with Gasteiger partial charge in [0.05, 0.1) is 31.7 Å². The van der Waals surface area contributed by atoms with Crippen molar-refractivity contribution in [2.45, 2.75) is 66.2 Å². The van der Waals surface area contributed by atoms with E-state index in [9.17, 15) is 35.5 Å². The number of Topliss-reactive ketones (excluding diaryl/α,β-unsaturated/α-hetero) is 2. The predicted octanol–water partition coefficient (Wildman–Crippen LogP) is 1.47. The molecule has 31 heavy (non-hydrogen) atoms. The molecule has 11 heteroatoms. The molecule has 0 saturated heterocycles. The van der Waals surface area contributed by atoms with E-state index in [2.05, 4.69) is 0 Å². The fourth-order valence-electron chi connectivity index (χ4n) is 6.82. The van der Waals surface area contributed by atoms with Gasteiger partial charge >= 0.3 is 37.7 Å². The van der Waals surface area contributed by atoms with E-state index in [1.54, 1.807) is 0 Å². The molecule has 0 heterocycles. The molecular weight excluding hydrogens is 472 g/mol. The second-order valence-electron chi connectivity index (χ2n) is 10.7. The van der Waals surface area contributed by atoms with Gasteiger partial charge in [0.2, 0.25) is 0 Å². The molecule has 0 aromatic rings. The molecule has 4 fully saturated rings. The first-order valence-corrected chi connectivity index (χ1v) is 13.5. The summed E-state index contributed by atoms with van der Waals surface area (Å²) in [5, 5.41) is 0. The summed E-state index contributed by atoms with van der Waals surface area (Å²) >= 11 is 0. The van der Waals surface area contributed by atoms with Crippen LogP contribution in [-0.2, 0) is 29.8 Å². The van der Waals surface area contributed by atoms with E-state index in [-0.39, 0.29) is 72.0 Å². The summed E-state index contributed by atoms with van der Waals surface area (Å²) in [5.74, 6) is -0.560. The van der Waals surface area contributed by atoms with E-state index < -0.39 is 42.6 Å². The molecule has 4 rings (SSSR count). The topological polar surface area (TPSA) is 149 Å². The minimum absolute atomic E-state index is 0. The van der Waals surface area contributed by atoms with Gasteiger partial charge in [-0.05, 0) is 48.3 Å². The van der Waals surface area contributed by atoms with Gasteiger partial charge in [-0.25, -0.2) is 16.8 Å². The van der Waals surface area contributed by atoms with Gasteiger partial charge in [-0.1, -0.05) is 27.7 Å². The molecular formula is C20H30CaO8S2. The van der Waals surface area contributed by atoms with Crippen LogP contribution >= 0.6 is 0 Å². The van der Waals surface area contributed by atoms with Crippen LogP contribution in [0, 0.1) is 33.5 Å². The van der Waals surface area contributed by atoms with E-state index in [1.165, 1.54) is 0 Å². The molecule has 172 valence electrons. The van der Waals surface area contributed by atoms with Gasteiger partial charge in [0.15, 0.2) is 0 Å². The van der Waals surface area contributed by atoms with Gasteiger partial charge in [0.1, 0.15) is 11.6 Å². The van der Waals surface area contributed by atoms with Crippen molar-refractivity contribution in [1.82, 2.24) is 0 Å². The van der Waals surface area contributed by atoms with Gasteiger partial charge in [-0.2, -0.15) is 0 Å². The van der Waals surface area contributed by atoms with Crippen molar-refractivity contribution in [3.63, 3.8) is 0 Å². The van der Waals surface area contributed by atoms with Crippen molar-refractivity contribution in [1.29, 1.82) is 0 Å². The van der Waals surface area contributed by atoms with Crippen molar-refractivity contribution in [2.24, 2.45) is 33.5 Å². The number of hydrogen-bond donors (Lipinski definition) is 0. The van der Waals surface area contributed by atoms with Crippen LogP contribution in [0.2, 0.25) is 0 Å². The van der Waals surface area contributed by atoms with E-state index in [0.717, 1.165) is 12.8 Å². The van der Waals surface area contributed by atoms with Crippen LogP contribution in [-0.4, -0.2) is 86.8 Å². The molecule has 8 nitrogen and oxygen atoms in total. The average Bonchev–Trinajstić information content (AvgIpc) is 3.05. The molecule has 0 aromatic carbocycles. The molecule has 0 amide bonds. The molecule has 0 aromatic heterocycles. The fourth-order valence-corrected chi connectivity index (χ4v) is 9.38. The Morgan fingerprint density at radius 3 is 1.19 bits per heavy atom. The summed E-state index contributed by atoms with van der Waals surface area (Å²) in [6, 6.07) is 0. The summed E-state index contributed by atoms with van der Waals surface area (Å²) in [4.78, 5) is 23.7. The maximum atomic E-state index is 11.8. The summed E-state index contributed by atoms with van der Waals surface area (Å²) in [5.41, 5.74) is -2.44. The fraction of sp³-hybridized carbons (Fsp3) is 0.900. The van der Waals surface area contributed by atoms with Gasteiger partial charge < -0.3 is 9.11 Å². The summed E-state index contributed by atoms with van der Waals surface area (Å²) in [6.07, 6.45) is 3.75. The minimum atomic E-state index is -4.33. The predicted molar refractivity (Wildman–Crippen MR) is 112 cm³/mol. The molecule has 4 saturated carbocycles. The van der Waals surface area contributed by atoms with Crippen molar-refractivity contribution in [2.75, 3.05) is 11.5 Å². The first kappa shape index (κ1) is 27.7. The number of hydrogen-bond acceptors (Lipinski definition) is 8. The van der Waals surface area contributed by atoms with Gasteiger partial charge in [0, 0.05) is 23.7 Å². The number of fused-ring (bicyclic) bond motifs is 4. The number of carbonyl (C=O) groups is 2. The molecule has 0 radical (unpaired) electrons. The molecule has 4 atom stereocenters. The maximum absolute atomic E-state index is 11.8. The van der Waals surface area contributed by atoms with Crippen molar-refractivity contribution in [3.05, 3.63) is 0 Å². The smallest absolute Gasteiger partial charge is 0.748 e. The zero-order valence-electron chi connectivity index (χ0n) is 18.6. The Bertz CT molecular complexity index is 905. The van der Waals surface area contributed by atoms with Crippen molar-refractivity contribution < 1.29 is 35.5 Å². The van der Waals surface area contributed by atoms with Gasteiger partial charge in [0.25, 0.3) is 0 Å². The third-order valence-corrected chi connectivity index (χ3v) is 10.8. The van der Waals surface area contributed by atoms with Crippen LogP contribution in [0.5, 0.6) is 0 Å². The largest absolute Gasteiger partial charge is 2.00 e. The first-order chi connectivity index (χ1) is 13.4. The Labute approximate surface area is 214 Å².